The third-order valence-corrected chi connectivity index (χ3v) is 11.4. The molecule has 1 N–H and O–H groups in total. The molecule has 3 heterocycles. The topological polar surface area (TPSA) is 32.6 Å². The van der Waals surface area contributed by atoms with Crippen LogP contribution in [0.3, 0.4) is 0 Å². The Morgan fingerprint density at radius 3 is 2.29 bits per heavy atom. The zero-order chi connectivity index (χ0) is 34.2. The van der Waals surface area contributed by atoms with E-state index in [1.54, 1.807) is 0 Å². The van der Waals surface area contributed by atoms with Gasteiger partial charge in [-0.1, -0.05) is 134 Å². The Balaban J connectivity index is 1.04. The number of anilines is 3. The van der Waals surface area contributed by atoms with Crippen LogP contribution in [0.1, 0.15) is 29.5 Å². The summed E-state index contributed by atoms with van der Waals surface area (Å²) in [5.41, 5.74) is 13.5. The maximum Gasteiger partial charge on any atom is 0.126 e. The quantitative estimate of drug-likeness (QED) is 0.202. The zero-order valence-electron chi connectivity index (χ0n) is 28.7. The minimum Gasteiger partial charge on any atom is -0.363 e. The average molecular weight is 669 g/mol. The van der Waals surface area contributed by atoms with E-state index in [-0.39, 0.29) is 12.1 Å². The van der Waals surface area contributed by atoms with Crippen molar-refractivity contribution in [1.82, 2.24) is 4.57 Å². The van der Waals surface area contributed by atoms with Crippen molar-refractivity contribution < 1.29 is 0 Å². The van der Waals surface area contributed by atoms with Crippen molar-refractivity contribution in [1.29, 1.82) is 0 Å². The number of nitrogens with one attached hydrogen (secondary N) is 1. The first kappa shape index (κ1) is 29.4. The predicted octanol–water partition coefficient (Wildman–Crippen LogP) is 11.5. The highest BCUT2D eigenvalue weighted by atomic mass is 15.2. The van der Waals surface area contributed by atoms with Crippen LogP contribution in [0.25, 0.3) is 43.8 Å². The van der Waals surface area contributed by atoms with Crippen LogP contribution in [0.5, 0.6) is 0 Å². The van der Waals surface area contributed by atoms with Gasteiger partial charge in [-0.3, -0.25) is 4.99 Å². The number of para-hydroxylation sites is 3. The van der Waals surface area contributed by atoms with E-state index in [2.05, 4.69) is 185 Å². The Hall–Kier alpha value is -6.39. The van der Waals surface area contributed by atoms with Gasteiger partial charge in [0, 0.05) is 61.5 Å². The highest BCUT2D eigenvalue weighted by Gasteiger charge is 2.36. The molecule has 0 saturated heterocycles. The number of benzene rings is 6. The van der Waals surface area contributed by atoms with Crippen molar-refractivity contribution >= 4 is 66.6 Å². The first-order valence-corrected chi connectivity index (χ1v) is 18.4. The standard InChI is InChI=1S/C48H36N4/c1-3-13-31(14-4-1)46-39-18-7-10-20-41(39)49-48(50-46)32-23-25-34(26-24-32)52-42-21-11-8-17-35(42)37-28-27-36-38(47(37)52)29-30-44-45(36)40-19-9-12-22-43(40)51(44)33-15-5-2-6-16-33/h1-21,23,25-30,32,43,48-49H,22,24H2. The van der Waals surface area contributed by atoms with Crippen molar-refractivity contribution in [2.45, 2.75) is 25.0 Å². The van der Waals surface area contributed by atoms with Crippen molar-refractivity contribution in [3.63, 3.8) is 0 Å². The lowest BCUT2D eigenvalue weighted by molar-refractivity contribution is 0.549. The molecule has 2 aliphatic carbocycles. The van der Waals surface area contributed by atoms with E-state index in [1.165, 1.54) is 60.8 Å². The number of aliphatic imine (C=N–C) groups is 1. The number of nitrogens with zero attached hydrogens (tertiary/aromatic N) is 3. The molecule has 0 saturated carbocycles. The Bertz CT molecular complexity index is 2730. The molecule has 248 valence electrons. The normalized spacial score (nSPS) is 20.3. The largest absolute Gasteiger partial charge is 0.363 e. The van der Waals surface area contributed by atoms with Gasteiger partial charge in [-0.25, -0.2) is 0 Å². The van der Waals surface area contributed by atoms with Crippen LogP contribution < -0.4 is 10.2 Å². The summed E-state index contributed by atoms with van der Waals surface area (Å²) in [7, 11) is 0. The van der Waals surface area contributed by atoms with Gasteiger partial charge in [-0.2, -0.15) is 0 Å². The van der Waals surface area contributed by atoms with Crippen molar-refractivity contribution in [3.8, 4) is 0 Å². The highest BCUT2D eigenvalue weighted by Crippen LogP contribution is 2.51. The van der Waals surface area contributed by atoms with Gasteiger partial charge in [0.15, 0.2) is 0 Å². The second-order valence-electron chi connectivity index (χ2n) is 14.2. The molecule has 11 rings (SSSR count). The highest BCUT2D eigenvalue weighted by molar-refractivity contribution is 6.22. The molecule has 0 spiro atoms. The molecule has 4 heteroatoms. The Kier molecular flexibility index (Phi) is 6.53. The van der Waals surface area contributed by atoms with Crippen molar-refractivity contribution in [2.24, 2.45) is 10.9 Å². The molecule has 4 nitrogen and oxygen atoms in total. The van der Waals surface area contributed by atoms with E-state index in [9.17, 15) is 0 Å². The molecule has 4 aliphatic rings. The second kappa shape index (κ2) is 11.6. The fraction of sp³-hybridized carbons (Fsp3) is 0.104. The van der Waals surface area contributed by atoms with Gasteiger partial charge in [0.05, 0.1) is 22.8 Å². The lowest BCUT2D eigenvalue weighted by atomic mass is 9.91. The zero-order valence-corrected chi connectivity index (χ0v) is 28.7. The lowest BCUT2D eigenvalue weighted by Crippen LogP contribution is -2.32. The molecule has 2 aliphatic heterocycles. The van der Waals surface area contributed by atoms with Crippen LogP contribution in [0.4, 0.5) is 17.1 Å². The van der Waals surface area contributed by atoms with Gasteiger partial charge in [0.25, 0.3) is 0 Å². The minimum absolute atomic E-state index is 0.0564. The van der Waals surface area contributed by atoms with Crippen LogP contribution >= 0.6 is 0 Å². The molecule has 6 aromatic carbocycles. The number of hydrogen-bond donors (Lipinski definition) is 1. The summed E-state index contributed by atoms with van der Waals surface area (Å²) in [6, 6.07) is 48.6. The summed E-state index contributed by atoms with van der Waals surface area (Å²) in [5.74, 6) is 0.219. The third-order valence-electron chi connectivity index (χ3n) is 11.4. The van der Waals surface area contributed by atoms with Gasteiger partial charge in [-0.05, 0) is 60.2 Å². The molecule has 7 aromatic rings. The van der Waals surface area contributed by atoms with Gasteiger partial charge in [0.2, 0.25) is 0 Å². The Morgan fingerprint density at radius 2 is 1.42 bits per heavy atom. The molecule has 0 bridgehead atoms. The van der Waals surface area contributed by atoms with Gasteiger partial charge < -0.3 is 14.8 Å². The summed E-state index contributed by atoms with van der Waals surface area (Å²) in [5, 5.41) is 8.94. The monoisotopic (exact) mass is 668 g/mol. The SMILES string of the molecule is C1=CCC2C(=C1)c1c(ccc3c1ccc1c4ccccc4n(C4=CCC(C5N=C(c6ccccc6)c6ccccc6N5)C=C4)c31)N2c1ccccc1. The van der Waals surface area contributed by atoms with E-state index in [1.807, 2.05) is 0 Å². The molecule has 0 radical (unpaired) electrons. The predicted molar refractivity (Wildman–Crippen MR) is 219 cm³/mol. The van der Waals surface area contributed by atoms with Gasteiger partial charge in [-0.15, -0.1) is 0 Å². The first-order chi connectivity index (χ1) is 25.8. The van der Waals surface area contributed by atoms with E-state index in [0.29, 0.717) is 6.04 Å². The summed E-state index contributed by atoms with van der Waals surface area (Å²) >= 11 is 0. The maximum atomic E-state index is 5.34. The van der Waals surface area contributed by atoms with Crippen LogP contribution in [0, 0.1) is 5.92 Å². The fourth-order valence-corrected chi connectivity index (χ4v) is 9.08. The molecule has 0 amide bonds. The van der Waals surface area contributed by atoms with Crippen LogP contribution in [-0.2, 0) is 0 Å². The summed E-state index contributed by atoms with van der Waals surface area (Å²) in [6.07, 6.45) is 15.8. The van der Waals surface area contributed by atoms with E-state index in [0.717, 1.165) is 35.4 Å². The lowest BCUT2D eigenvalue weighted by Gasteiger charge is -2.31. The molecular weight excluding hydrogens is 633 g/mol. The number of aromatic nitrogens is 1. The summed E-state index contributed by atoms with van der Waals surface area (Å²) < 4.78 is 2.50. The number of hydrogen-bond acceptors (Lipinski definition) is 3. The van der Waals surface area contributed by atoms with Crippen molar-refractivity contribution in [3.05, 3.63) is 187 Å². The van der Waals surface area contributed by atoms with E-state index in [4.69, 9.17) is 4.99 Å². The summed E-state index contributed by atoms with van der Waals surface area (Å²) in [6.45, 7) is 0. The maximum absolute atomic E-state index is 5.34. The molecule has 3 atom stereocenters. The van der Waals surface area contributed by atoms with Crippen LogP contribution in [0.15, 0.2) is 175 Å². The van der Waals surface area contributed by atoms with Crippen LogP contribution in [0.2, 0.25) is 0 Å². The minimum atomic E-state index is -0.0564. The Labute approximate surface area is 303 Å². The van der Waals surface area contributed by atoms with Gasteiger partial charge in [0.1, 0.15) is 6.17 Å². The fourth-order valence-electron chi connectivity index (χ4n) is 9.08. The smallest absolute Gasteiger partial charge is 0.126 e. The molecular formula is C48H36N4. The summed E-state index contributed by atoms with van der Waals surface area (Å²) in [4.78, 5) is 7.89. The van der Waals surface area contributed by atoms with Crippen molar-refractivity contribution in [2.75, 3.05) is 10.2 Å². The number of allylic oxidation sites excluding steroid dienone is 5. The number of rotatable bonds is 4. The Morgan fingerprint density at radius 1 is 0.673 bits per heavy atom. The molecule has 3 unspecified atom stereocenters. The first-order valence-electron chi connectivity index (χ1n) is 18.4. The van der Waals surface area contributed by atoms with E-state index < -0.39 is 0 Å². The van der Waals surface area contributed by atoms with E-state index >= 15 is 0 Å². The average Bonchev–Trinajstić information content (AvgIpc) is 3.75. The number of fused-ring (bicyclic) bond motifs is 10. The van der Waals surface area contributed by atoms with Crippen LogP contribution in [-0.4, -0.2) is 22.5 Å². The third kappa shape index (κ3) is 4.37. The molecule has 1 aromatic heterocycles. The van der Waals surface area contributed by atoms with Gasteiger partial charge >= 0.3 is 0 Å². The second-order valence-corrected chi connectivity index (χ2v) is 14.2. The molecule has 52 heavy (non-hydrogen) atoms. The molecule has 0 fully saturated rings.